The molecule has 0 aliphatic heterocycles. The standard InChI is InChI=1S/C29H32F5N5O2/c1-26(2,3)18-4-6-20(7-5-18)39(25(41)38-27(17-35)13-14-27)23(21-16-36-15-10-22(21)29(32,33)34)24(40)37-19-8-11-28(30,31)12-9-19/h4-7,10,15-16,19,23H,8-9,11-14H2,1-3H3,(H,37,40)(H,38,41). The maximum atomic E-state index is 14.2. The van der Waals surface area contributed by atoms with Crippen molar-refractivity contribution in [3.05, 3.63) is 59.4 Å². The second kappa shape index (κ2) is 10.9. The number of nitrogens with one attached hydrogen (secondary N) is 2. The van der Waals surface area contributed by atoms with Gasteiger partial charge in [-0.3, -0.25) is 14.7 Å². The molecule has 1 unspecified atom stereocenters. The maximum absolute atomic E-state index is 14.2. The number of amides is 3. The van der Waals surface area contributed by atoms with Crippen molar-refractivity contribution in [2.45, 2.75) is 94.4 Å². The SMILES string of the molecule is CC(C)(C)c1ccc(N(C(=O)NC2(C#N)CC2)C(C(=O)NC2CCC(F)(F)CC2)c2cnccc2C(F)(F)F)cc1. The molecular weight excluding hydrogens is 545 g/mol. The third kappa shape index (κ3) is 6.94. The lowest BCUT2D eigenvalue weighted by atomic mass is 9.87. The topological polar surface area (TPSA) is 98.1 Å². The molecule has 12 heteroatoms. The Hall–Kier alpha value is -3.75. The normalized spacial score (nSPS) is 19.0. The summed E-state index contributed by atoms with van der Waals surface area (Å²) in [6, 6.07) is 5.65. The van der Waals surface area contributed by atoms with Crippen LogP contribution in [0.3, 0.4) is 0 Å². The summed E-state index contributed by atoms with van der Waals surface area (Å²) in [7, 11) is 0. The first-order valence-electron chi connectivity index (χ1n) is 13.4. The highest BCUT2D eigenvalue weighted by Crippen LogP contribution is 2.40. The molecule has 41 heavy (non-hydrogen) atoms. The molecule has 0 bridgehead atoms. The van der Waals surface area contributed by atoms with Crippen molar-refractivity contribution in [3.63, 3.8) is 0 Å². The Bertz CT molecular complexity index is 1320. The Balaban J connectivity index is 1.82. The van der Waals surface area contributed by atoms with E-state index >= 15 is 0 Å². The van der Waals surface area contributed by atoms with Crippen LogP contribution in [0.1, 0.15) is 82.0 Å². The van der Waals surface area contributed by atoms with E-state index in [-0.39, 0.29) is 23.9 Å². The second-order valence-electron chi connectivity index (χ2n) is 11.8. The predicted molar refractivity (Wildman–Crippen MR) is 141 cm³/mol. The first-order chi connectivity index (χ1) is 19.1. The van der Waals surface area contributed by atoms with Crippen LogP contribution in [0.2, 0.25) is 0 Å². The van der Waals surface area contributed by atoms with Crippen LogP contribution in [0.25, 0.3) is 0 Å². The average Bonchev–Trinajstić information content (AvgIpc) is 3.67. The van der Waals surface area contributed by atoms with E-state index < -0.39 is 65.6 Å². The van der Waals surface area contributed by atoms with Gasteiger partial charge in [-0.15, -0.1) is 0 Å². The van der Waals surface area contributed by atoms with Gasteiger partial charge in [-0.1, -0.05) is 32.9 Å². The molecule has 0 saturated heterocycles. The van der Waals surface area contributed by atoms with Gasteiger partial charge in [0.25, 0.3) is 0 Å². The summed E-state index contributed by atoms with van der Waals surface area (Å²) in [5, 5.41) is 14.8. The van der Waals surface area contributed by atoms with Crippen molar-refractivity contribution < 1.29 is 31.5 Å². The van der Waals surface area contributed by atoms with E-state index in [2.05, 4.69) is 15.6 Å². The van der Waals surface area contributed by atoms with Gasteiger partial charge in [0.1, 0.15) is 11.6 Å². The van der Waals surface area contributed by atoms with Crippen LogP contribution in [0, 0.1) is 11.3 Å². The van der Waals surface area contributed by atoms with Gasteiger partial charge in [0.15, 0.2) is 0 Å². The number of halogens is 5. The molecule has 220 valence electrons. The van der Waals surface area contributed by atoms with E-state index in [0.29, 0.717) is 18.9 Å². The van der Waals surface area contributed by atoms with E-state index in [0.717, 1.165) is 22.9 Å². The molecule has 1 aromatic carbocycles. The van der Waals surface area contributed by atoms with Crippen molar-refractivity contribution in [3.8, 4) is 6.07 Å². The van der Waals surface area contributed by atoms with Gasteiger partial charge in [0, 0.05) is 42.5 Å². The Kier molecular flexibility index (Phi) is 8.04. The second-order valence-corrected chi connectivity index (χ2v) is 11.8. The van der Waals surface area contributed by atoms with E-state index in [1.165, 1.54) is 12.1 Å². The molecule has 2 aliphatic rings. The highest BCUT2D eigenvalue weighted by molar-refractivity contribution is 6.01. The van der Waals surface area contributed by atoms with E-state index in [9.17, 15) is 36.8 Å². The molecule has 2 aliphatic carbocycles. The van der Waals surface area contributed by atoms with Gasteiger partial charge in [-0.05, 0) is 54.9 Å². The van der Waals surface area contributed by atoms with Crippen molar-refractivity contribution in [1.29, 1.82) is 5.26 Å². The number of carbonyl (C=O) groups is 2. The monoisotopic (exact) mass is 577 g/mol. The first kappa shape index (κ1) is 30.2. The lowest BCUT2D eigenvalue weighted by Crippen LogP contribution is -2.53. The number of nitrogens with zero attached hydrogens (tertiary/aromatic N) is 3. The molecule has 0 radical (unpaired) electrons. The highest BCUT2D eigenvalue weighted by atomic mass is 19.4. The summed E-state index contributed by atoms with van der Waals surface area (Å²) < 4.78 is 70.1. The minimum Gasteiger partial charge on any atom is -0.351 e. The van der Waals surface area contributed by atoms with Crippen molar-refractivity contribution in [2.75, 3.05) is 4.90 Å². The van der Waals surface area contributed by atoms with Crippen LogP contribution in [0.5, 0.6) is 0 Å². The number of hydrogen-bond donors (Lipinski definition) is 2. The Morgan fingerprint density at radius 2 is 1.66 bits per heavy atom. The zero-order valence-corrected chi connectivity index (χ0v) is 23.0. The predicted octanol–water partition coefficient (Wildman–Crippen LogP) is 6.41. The molecule has 1 aromatic heterocycles. The molecule has 3 amide bonds. The first-order valence-corrected chi connectivity index (χ1v) is 13.4. The highest BCUT2D eigenvalue weighted by Gasteiger charge is 2.48. The van der Waals surface area contributed by atoms with Gasteiger partial charge in [-0.25, -0.2) is 13.6 Å². The zero-order valence-electron chi connectivity index (χ0n) is 23.0. The summed E-state index contributed by atoms with van der Waals surface area (Å²) in [5.74, 6) is -3.86. The minimum atomic E-state index is -4.90. The Labute approximate surface area is 235 Å². The van der Waals surface area contributed by atoms with E-state index in [1.807, 2.05) is 26.8 Å². The van der Waals surface area contributed by atoms with Crippen LogP contribution < -0.4 is 15.5 Å². The molecule has 4 rings (SSSR count). The van der Waals surface area contributed by atoms with Crippen molar-refractivity contribution in [2.24, 2.45) is 0 Å². The molecule has 1 heterocycles. The molecule has 2 saturated carbocycles. The summed E-state index contributed by atoms with van der Waals surface area (Å²) in [4.78, 5) is 32.4. The van der Waals surface area contributed by atoms with Crippen LogP contribution in [0.15, 0.2) is 42.7 Å². The maximum Gasteiger partial charge on any atom is 0.416 e. The molecule has 2 aromatic rings. The third-order valence-electron chi connectivity index (χ3n) is 7.56. The number of aromatic nitrogens is 1. The number of rotatable bonds is 6. The van der Waals surface area contributed by atoms with Gasteiger partial charge >= 0.3 is 12.2 Å². The Morgan fingerprint density at radius 3 is 2.17 bits per heavy atom. The van der Waals surface area contributed by atoms with Crippen LogP contribution in [0.4, 0.5) is 32.4 Å². The number of benzene rings is 1. The molecule has 2 N–H and O–H groups in total. The Morgan fingerprint density at radius 1 is 1.05 bits per heavy atom. The number of pyridine rings is 1. The fraction of sp³-hybridized carbons (Fsp3) is 0.517. The summed E-state index contributed by atoms with van der Waals surface area (Å²) in [6.07, 6.45) is -3.50. The molecule has 7 nitrogen and oxygen atoms in total. The van der Waals surface area contributed by atoms with Crippen molar-refractivity contribution >= 4 is 17.6 Å². The van der Waals surface area contributed by atoms with Crippen molar-refractivity contribution in [1.82, 2.24) is 15.6 Å². The number of hydrogen-bond acceptors (Lipinski definition) is 4. The zero-order chi connectivity index (χ0) is 30.2. The lowest BCUT2D eigenvalue weighted by molar-refractivity contribution is -0.138. The van der Waals surface area contributed by atoms with E-state index in [1.54, 1.807) is 12.1 Å². The fourth-order valence-corrected chi connectivity index (χ4v) is 4.91. The number of nitriles is 1. The van der Waals surface area contributed by atoms with Gasteiger partial charge in [0.05, 0.1) is 11.6 Å². The molecule has 1 atom stereocenters. The van der Waals surface area contributed by atoms with Crippen LogP contribution in [-0.2, 0) is 16.4 Å². The fourth-order valence-electron chi connectivity index (χ4n) is 4.91. The van der Waals surface area contributed by atoms with Gasteiger partial charge < -0.3 is 10.6 Å². The molecular formula is C29H32F5N5O2. The average molecular weight is 578 g/mol. The van der Waals surface area contributed by atoms with Gasteiger partial charge in [0.2, 0.25) is 11.8 Å². The largest absolute Gasteiger partial charge is 0.416 e. The third-order valence-corrected chi connectivity index (χ3v) is 7.56. The van der Waals surface area contributed by atoms with Crippen LogP contribution in [-0.4, -0.2) is 34.4 Å². The van der Waals surface area contributed by atoms with E-state index in [4.69, 9.17) is 0 Å². The number of carbonyl (C=O) groups excluding carboxylic acids is 2. The molecule has 0 spiro atoms. The lowest BCUT2D eigenvalue weighted by Gasteiger charge is -2.35. The summed E-state index contributed by atoms with van der Waals surface area (Å²) in [6.45, 7) is 5.89. The summed E-state index contributed by atoms with van der Waals surface area (Å²) in [5.41, 5.74) is -2.26. The number of urea groups is 1. The molecule has 2 fully saturated rings. The smallest absolute Gasteiger partial charge is 0.351 e. The number of anilines is 1. The van der Waals surface area contributed by atoms with Gasteiger partial charge in [-0.2, -0.15) is 18.4 Å². The quantitative estimate of drug-likeness (QED) is 0.388. The minimum absolute atomic E-state index is 0.0748. The summed E-state index contributed by atoms with van der Waals surface area (Å²) >= 11 is 0. The van der Waals surface area contributed by atoms with Crippen LogP contribution >= 0.6 is 0 Å². The number of alkyl halides is 5.